The first-order valence-corrected chi connectivity index (χ1v) is 9.49. The molecule has 0 fully saturated rings. The highest BCUT2D eigenvalue weighted by atomic mass is 32.1. The van der Waals surface area contributed by atoms with Crippen molar-refractivity contribution in [3.63, 3.8) is 0 Å². The molecule has 0 bridgehead atoms. The van der Waals surface area contributed by atoms with Crippen LogP contribution in [0.1, 0.15) is 19.4 Å². The lowest BCUT2D eigenvalue weighted by Crippen LogP contribution is -2.05. The first kappa shape index (κ1) is 18.1. The lowest BCUT2D eigenvalue weighted by molar-refractivity contribution is 0.242. The van der Waals surface area contributed by atoms with Gasteiger partial charge in [0.05, 0.1) is 12.3 Å². The number of H-pyrrole nitrogens is 1. The first-order chi connectivity index (χ1) is 13.6. The van der Waals surface area contributed by atoms with Crippen molar-refractivity contribution in [3.05, 3.63) is 77.1 Å². The summed E-state index contributed by atoms with van der Waals surface area (Å²) in [6.45, 7) is 3.99. The van der Waals surface area contributed by atoms with Crippen molar-refractivity contribution in [3.8, 4) is 17.1 Å². The SMILES string of the molecule is CC(C)Oc1cccc(-c2n[nH]c(=S)n2/N=C\c2cccc3ccccc23)c1. The Balaban J connectivity index is 1.73. The molecule has 3 aromatic carbocycles. The minimum atomic E-state index is 0.0976. The van der Waals surface area contributed by atoms with Gasteiger partial charge < -0.3 is 4.74 Å². The standard InChI is InChI=1S/C22H20N4OS/c1-15(2)27-19-11-6-9-17(13-19)21-24-25-22(28)26(21)23-14-18-10-5-8-16-7-3-4-12-20(16)18/h3-15H,1-2H3,(H,25,28)/b23-14-. The maximum Gasteiger partial charge on any atom is 0.216 e. The average molecular weight is 388 g/mol. The van der Waals surface area contributed by atoms with Gasteiger partial charge in [-0.05, 0) is 49.0 Å². The number of hydrogen-bond donors (Lipinski definition) is 1. The van der Waals surface area contributed by atoms with E-state index in [0.29, 0.717) is 10.6 Å². The van der Waals surface area contributed by atoms with Crippen LogP contribution in [0.4, 0.5) is 0 Å². The van der Waals surface area contributed by atoms with E-state index in [4.69, 9.17) is 17.0 Å². The number of benzene rings is 3. The Kier molecular flexibility index (Phi) is 5.04. The van der Waals surface area contributed by atoms with Crippen molar-refractivity contribution in [2.45, 2.75) is 20.0 Å². The monoisotopic (exact) mass is 388 g/mol. The molecule has 0 amide bonds. The van der Waals surface area contributed by atoms with E-state index >= 15 is 0 Å². The lowest BCUT2D eigenvalue weighted by atomic mass is 10.1. The fourth-order valence-corrected chi connectivity index (χ4v) is 3.23. The summed E-state index contributed by atoms with van der Waals surface area (Å²) in [5.41, 5.74) is 1.89. The van der Waals surface area contributed by atoms with E-state index in [1.165, 1.54) is 5.39 Å². The van der Waals surface area contributed by atoms with E-state index in [2.05, 4.69) is 33.5 Å². The average Bonchev–Trinajstić information content (AvgIpc) is 3.06. The van der Waals surface area contributed by atoms with Crippen LogP contribution >= 0.6 is 12.2 Å². The Hall–Kier alpha value is -3.25. The Morgan fingerprint density at radius 1 is 1.07 bits per heavy atom. The highest BCUT2D eigenvalue weighted by molar-refractivity contribution is 7.71. The minimum absolute atomic E-state index is 0.0976. The fourth-order valence-electron chi connectivity index (χ4n) is 3.05. The maximum absolute atomic E-state index is 5.79. The van der Waals surface area contributed by atoms with Crippen LogP contribution < -0.4 is 4.74 Å². The second-order valence-corrected chi connectivity index (χ2v) is 7.06. The maximum atomic E-state index is 5.79. The van der Waals surface area contributed by atoms with E-state index < -0.39 is 0 Å². The molecule has 140 valence electrons. The van der Waals surface area contributed by atoms with Gasteiger partial charge >= 0.3 is 0 Å². The van der Waals surface area contributed by atoms with Gasteiger partial charge in [-0.1, -0.05) is 54.6 Å². The summed E-state index contributed by atoms with van der Waals surface area (Å²) in [7, 11) is 0. The van der Waals surface area contributed by atoms with Crippen molar-refractivity contribution >= 4 is 29.2 Å². The number of nitrogens with one attached hydrogen (secondary N) is 1. The quantitative estimate of drug-likeness (QED) is 0.366. The molecule has 1 N–H and O–H groups in total. The number of fused-ring (bicyclic) bond motifs is 1. The largest absolute Gasteiger partial charge is 0.491 e. The summed E-state index contributed by atoms with van der Waals surface area (Å²) >= 11 is 5.39. The zero-order valence-electron chi connectivity index (χ0n) is 15.7. The number of aromatic amines is 1. The van der Waals surface area contributed by atoms with Crippen LogP contribution in [0.5, 0.6) is 5.75 Å². The van der Waals surface area contributed by atoms with E-state index in [9.17, 15) is 0 Å². The van der Waals surface area contributed by atoms with Gasteiger partial charge in [0.15, 0.2) is 5.82 Å². The molecule has 0 unspecified atom stereocenters. The van der Waals surface area contributed by atoms with Crippen LogP contribution in [0.15, 0.2) is 71.8 Å². The fraction of sp³-hybridized carbons (Fsp3) is 0.136. The summed E-state index contributed by atoms with van der Waals surface area (Å²) in [4.78, 5) is 0. The minimum Gasteiger partial charge on any atom is -0.491 e. The molecule has 0 radical (unpaired) electrons. The van der Waals surface area contributed by atoms with Crippen molar-refractivity contribution in [1.82, 2.24) is 14.9 Å². The molecule has 0 saturated heterocycles. The van der Waals surface area contributed by atoms with Crippen molar-refractivity contribution < 1.29 is 4.74 Å². The molecule has 0 atom stereocenters. The summed E-state index contributed by atoms with van der Waals surface area (Å²) in [6, 6.07) is 22.1. The molecule has 6 heteroatoms. The van der Waals surface area contributed by atoms with Crippen LogP contribution in [-0.2, 0) is 0 Å². The van der Waals surface area contributed by atoms with Crippen LogP contribution in [0.3, 0.4) is 0 Å². The third-order valence-corrected chi connectivity index (χ3v) is 4.51. The number of aromatic nitrogens is 3. The Morgan fingerprint density at radius 3 is 2.71 bits per heavy atom. The predicted octanol–water partition coefficient (Wildman–Crippen LogP) is 5.43. The second-order valence-electron chi connectivity index (χ2n) is 6.67. The topological polar surface area (TPSA) is 55.2 Å². The van der Waals surface area contributed by atoms with E-state index in [1.807, 2.05) is 68.6 Å². The molecule has 28 heavy (non-hydrogen) atoms. The molecule has 4 aromatic rings. The molecule has 0 spiro atoms. The predicted molar refractivity (Wildman–Crippen MR) is 116 cm³/mol. The molecule has 1 aromatic heterocycles. The Bertz CT molecular complexity index is 1200. The zero-order chi connectivity index (χ0) is 19.5. The van der Waals surface area contributed by atoms with Gasteiger partial charge in [-0.25, -0.2) is 5.10 Å². The molecule has 0 saturated carbocycles. The van der Waals surface area contributed by atoms with Crippen molar-refractivity contribution in [2.24, 2.45) is 5.10 Å². The molecular weight excluding hydrogens is 368 g/mol. The molecule has 0 aliphatic heterocycles. The molecule has 5 nitrogen and oxygen atoms in total. The van der Waals surface area contributed by atoms with Gasteiger partial charge in [-0.3, -0.25) is 0 Å². The molecule has 4 rings (SSSR count). The van der Waals surface area contributed by atoms with Crippen molar-refractivity contribution in [2.75, 3.05) is 0 Å². The smallest absolute Gasteiger partial charge is 0.216 e. The molecule has 1 heterocycles. The van der Waals surface area contributed by atoms with Gasteiger partial charge in [0, 0.05) is 11.1 Å². The lowest BCUT2D eigenvalue weighted by Gasteiger charge is -2.10. The van der Waals surface area contributed by atoms with Crippen LogP contribution in [-0.4, -0.2) is 27.2 Å². The van der Waals surface area contributed by atoms with Gasteiger partial charge in [0.2, 0.25) is 4.77 Å². The van der Waals surface area contributed by atoms with Crippen LogP contribution in [0, 0.1) is 4.77 Å². The highest BCUT2D eigenvalue weighted by Crippen LogP contribution is 2.23. The third-order valence-electron chi connectivity index (χ3n) is 4.25. The second kappa shape index (κ2) is 7.78. The molecular formula is C22H20N4OS. The number of rotatable bonds is 5. The summed E-state index contributed by atoms with van der Waals surface area (Å²) < 4.78 is 7.85. The summed E-state index contributed by atoms with van der Waals surface area (Å²) in [6.07, 6.45) is 1.91. The van der Waals surface area contributed by atoms with Crippen LogP contribution in [0.2, 0.25) is 0 Å². The van der Waals surface area contributed by atoms with Crippen LogP contribution in [0.25, 0.3) is 22.2 Å². The number of hydrogen-bond acceptors (Lipinski definition) is 4. The zero-order valence-corrected chi connectivity index (χ0v) is 16.5. The summed E-state index contributed by atoms with van der Waals surface area (Å²) in [5.74, 6) is 1.42. The van der Waals surface area contributed by atoms with Crippen molar-refractivity contribution in [1.29, 1.82) is 0 Å². The Morgan fingerprint density at radius 2 is 1.86 bits per heavy atom. The first-order valence-electron chi connectivity index (χ1n) is 9.08. The van der Waals surface area contributed by atoms with Gasteiger partial charge in [0.1, 0.15) is 5.75 Å². The number of ether oxygens (including phenoxy) is 1. The van der Waals surface area contributed by atoms with Gasteiger partial charge in [-0.15, -0.1) is 0 Å². The molecule has 0 aliphatic carbocycles. The van der Waals surface area contributed by atoms with E-state index in [-0.39, 0.29) is 6.10 Å². The Labute approximate surface area is 168 Å². The molecule has 0 aliphatic rings. The third kappa shape index (κ3) is 3.73. The number of nitrogens with zero attached hydrogens (tertiary/aromatic N) is 3. The van der Waals surface area contributed by atoms with E-state index in [0.717, 1.165) is 22.3 Å². The normalized spacial score (nSPS) is 11.5. The highest BCUT2D eigenvalue weighted by Gasteiger charge is 2.10. The van der Waals surface area contributed by atoms with Gasteiger partial charge in [-0.2, -0.15) is 14.9 Å². The van der Waals surface area contributed by atoms with E-state index in [1.54, 1.807) is 4.68 Å². The summed E-state index contributed by atoms with van der Waals surface area (Å²) in [5, 5.41) is 14.1. The van der Waals surface area contributed by atoms with Gasteiger partial charge in [0.25, 0.3) is 0 Å².